The average molecular weight is 356 g/mol. The summed E-state index contributed by atoms with van der Waals surface area (Å²) < 4.78 is 0. The number of thioether (sulfide) groups is 1. The topological polar surface area (TPSA) is 33.5 Å². The van der Waals surface area contributed by atoms with E-state index in [1.165, 1.54) is 47.5 Å². The smallest absolute Gasteiger partial charge is 0.230 e. The molecule has 1 aliphatic heterocycles. The first kappa shape index (κ1) is 18.0. The Balaban J connectivity index is 1.51. The monoisotopic (exact) mass is 355 g/mol. The molecule has 0 unspecified atom stereocenters. The predicted octanol–water partition coefficient (Wildman–Crippen LogP) is 2.58. The van der Waals surface area contributed by atoms with Crippen LogP contribution in [0.2, 0.25) is 0 Å². The van der Waals surface area contributed by atoms with Crippen LogP contribution in [0.25, 0.3) is 0 Å². The summed E-state index contributed by atoms with van der Waals surface area (Å²) in [6.45, 7) is 6.32. The van der Waals surface area contributed by atoms with Gasteiger partial charge in [0.1, 0.15) is 6.54 Å². The molecule has 2 aromatic rings. The highest BCUT2D eigenvalue weighted by atomic mass is 32.2. The Morgan fingerprint density at radius 1 is 1.04 bits per heavy atom. The van der Waals surface area contributed by atoms with Crippen LogP contribution in [0.3, 0.4) is 0 Å². The largest absolute Gasteiger partial charge is 0.351 e. The molecule has 0 saturated carbocycles. The number of carbonyl (C=O) groups is 1. The van der Waals surface area contributed by atoms with Gasteiger partial charge in [-0.3, -0.25) is 4.79 Å². The number of hydrogen-bond acceptors (Lipinski definition) is 2. The van der Waals surface area contributed by atoms with Crippen molar-refractivity contribution in [2.75, 3.05) is 18.8 Å². The summed E-state index contributed by atoms with van der Waals surface area (Å²) in [6.07, 6.45) is 2.68. The Labute approximate surface area is 154 Å². The normalized spacial score (nSPS) is 14.6. The van der Waals surface area contributed by atoms with Crippen LogP contribution in [0.1, 0.15) is 29.5 Å². The number of hydrogen-bond donors (Lipinski definition) is 2. The van der Waals surface area contributed by atoms with E-state index >= 15 is 0 Å². The van der Waals surface area contributed by atoms with Crippen molar-refractivity contribution in [1.29, 1.82) is 0 Å². The maximum atomic E-state index is 12.2. The van der Waals surface area contributed by atoms with Gasteiger partial charge in [-0.25, -0.2) is 0 Å². The molecule has 132 valence electrons. The summed E-state index contributed by atoms with van der Waals surface area (Å²) in [6, 6.07) is 16.7. The molecule has 1 aliphatic rings. The number of amides is 1. The number of rotatable bonds is 7. The van der Waals surface area contributed by atoms with Crippen molar-refractivity contribution in [3.8, 4) is 0 Å². The van der Waals surface area contributed by atoms with Crippen LogP contribution in [-0.2, 0) is 17.9 Å². The second-order valence-corrected chi connectivity index (χ2v) is 7.75. The molecular formula is C21H27N2OS+. The molecular weight excluding hydrogens is 328 g/mol. The number of nitrogens with one attached hydrogen (secondary N) is 2. The predicted molar refractivity (Wildman–Crippen MR) is 104 cm³/mol. The highest BCUT2D eigenvalue weighted by Gasteiger charge is 2.17. The molecule has 1 amide bonds. The van der Waals surface area contributed by atoms with E-state index in [-0.39, 0.29) is 5.91 Å². The van der Waals surface area contributed by atoms with E-state index in [9.17, 15) is 4.79 Å². The van der Waals surface area contributed by atoms with Crippen molar-refractivity contribution in [1.82, 2.24) is 5.32 Å². The Morgan fingerprint density at radius 3 is 2.48 bits per heavy atom. The van der Waals surface area contributed by atoms with E-state index in [0.29, 0.717) is 12.3 Å². The minimum atomic E-state index is 0.0941. The van der Waals surface area contributed by atoms with Crippen molar-refractivity contribution in [3.05, 3.63) is 65.2 Å². The Kier molecular flexibility index (Phi) is 6.54. The molecule has 1 fully saturated rings. The SMILES string of the molecule is Cc1ccccc1SCC(=O)NCc1ccccc1C[NH+]1CCCC1. The Hall–Kier alpha value is -1.78. The highest BCUT2D eigenvalue weighted by molar-refractivity contribution is 8.00. The molecule has 2 N–H and O–H groups in total. The first-order valence-corrected chi connectivity index (χ1v) is 10.1. The van der Waals surface area contributed by atoms with E-state index in [2.05, 4.69) is 48.6 Å². The van der Waals surface area contributed by atoms with Crippen molar-refractivity contribution in [2.45, 2.75) is 37.8 Å². The molecule has 1 saturated heterocycles. The zero-order chi connectivity index (χ0) is 17.5. The summed E-state index contributed by atoms with van der Waals surface area (Å²) in [4.78, 5) is 15.1. The van der Waals surface area contributed by atoms with Gasteiger partial charge in [0.15, 0.2) is 0 Å². The molecule has 25 heavy (non-hydrogen) atoms. The maximum absolute atomic E-state index is 12.2. The maximum Gasteiger partial charge on any atom is 0.230 e. The molecule has 3 nitrogen and oxygen atoms in total. The van der Waals surface area contributed by atoms with Crippen molar-refractivity contribution < 1.29 is 9.69 Å². The van der Waals surface area contributed by atoms with Gasteiger partial charge in [0.2, 0.25) is 5.91 Å². The molecule has 0 atom stereocenters. The number of carbonyl (C=O) groups excluding carboxylic acids is 1. The fourth-order valence-corrected chi connectivity index (χ4v) is 4.19. The standard InChI is InChI=1S/C21H26N2OS/c1-17-8-2-5-11-20(17)25-16-21(24)22-14-18-9-3-4-10-19(18)15-23-12-6-7-13-23/h2-5,8-11H,6-7,12-16H2,1H3,(H,22,24)/p+1. The molecule has 2 aromatic carbocycles. The van der Waals surface area contributed by atoms with Crippen molar-refractivity contribution in [3.63, 3.8) is 0 Å². The van der Waals surface area contributed by atoms with Gasteiger partial charge >= 0.3 is 0 Å². The zero-order valence-electron chi connectivity index (χ0n) is 14.9. The zero-order valence-corrected chi connectivity index (χ0v) is 15.7. The molecule has 0 radical (unpaired) electrons. The fourth-order valence-electron chi connectivity index (χ4n) is 3.33. The quantitative estimate of drug-likeness (QED) is 0.749. The van der Waals surface area contributed by atoms with E-state index in [4.69, 9.17) is 0 Å². The molecule has 4 heteroatoms. The fraction of sp³-hybridized carbons (Fsp3) is 0.381. The summed E-state index contributed by atoms with van der Waals surface area (Å²) in [7, 11) is 0. The first-order valence-electron chi connectivity index (χ1n) is 9.08. The lowest BCUT2D eigenvalue weighted by Gasteiger charge is -2.15. The summed E-state index contributed by atoms with van der Waals surface area (Å²) in [5, 5.41) is 3.08. The lowest BCUT2D eigenvalue weighted by atomic mass is 10.1. The number of benzene rings is 2. The Morgan fingerprint density at radius 2 is 1.72 bits per heavy atom. The minimum Gasteiger partial charge on any atom is -0.351 e. The number of quaternary nitrogens is 1. The van der Waals surface area contributed by atoms with Gasteiger partial charge in [-0.15, -0.1) is 11.8 Å². The molecule has 0 bridgehead atoms. The third kappa shape index (κ3) is 5.35. The van der Waals surface area contributed by atoms with E-state index in [1.54, 1.807) is 16.7 Å². The van der Waals surface area contributed by atoms with Crippen LogP contribution in [0.4, 0.5) is 0 Å². The number of aryl methyl sites for hydroxylation is 1. The van der Waals surface area contributed by atoms with Crippen molar-refractivity contribution in [2.24, 2.45) is 0 Å². The lowest BCUT2D eigenvalue weighted by Crippen LogP contribution is -3.08. The van der Waals surface area contributed by atoms with E-state index < -0.39 is 0 Å². The van der Waals surface area contributed by atoms with E-state index in [1.807, 2.05) is 12.1 Å². The minimum absolute atomic E-state index is 0.0941. The Bertz CT molecular complexity index is 711. The van der Waals surface area contributed by atoms with Gasteiger partial charge in [-0.05, 0) is 24.1 Å². The van der Waals surface area contributed by atoms with E-state index in [0.717, 1.165) is 6.54 Å². The molecule has 0 aliphatic carbocycles. The van der Waals surface area contributed by atoms with Crippen LogP contribution in [0, 0.1) is 6.92 Å². The summed E-state index contributed by atoms with van der Waals surface area (Å²) in [5.41, 5.74) is 3.83. The van der Waals surface area contributed by atoms with Crippen LogP contribution < -0.4 is 10.2 Å². The molecule has 3 rings (SSSR count). The first-order chi connectivity index (χ1) is 12.2. The second kappa shape index (κ2) is 9.07. The van der Waals surface area contributed by atoms with Crippen molar-refractivity contribution >= 4 is 17.7 Å². The third-order valence-electron chi connectivity index (χ3n) is 4.80. The lowest BCUT2D eigenvalue weighted by molar-refractivity contribution is -0.901. The molecule has 1 heterocycles. The van der Waals surface area contributed by atoms with Gasteiger partial charge in [-0.2, -0.15) is 0 Å². The second-order valence-electron chi connectivity index (χ2n) is 6.73. The number of likely N-dealkylation sites (tertiary alicyclic amines) is 1. The summed E-state index contributed by atoms with van der Waals surface area (Å²) in [5.74, 6) is 0.557. The van der Waals surface area contributed by atoms with Crippen LogP contribution in [-0.4, -0.2) is 24.7 Å². The van der Waals surface area contributed by atoms with Gasteiger partial charge in [-0.1, -0.05) is 42.5 Å². The van der Waals surface area contributed by atoms with Gasteiger partial charge in [0.05, 0.1) is 18.8 Å². The van der Waals surface area contributed by atoms with Gasteiger partial charge < -0.3 is 10.2 Å². The van der Waals surface area contributed by atoms with Crippen LogP contribution in [0.5, 0.6) is 0 Å². The molecule has 0 spiro atoms. The van der Waals surface area contributed by atoms with Gasteiger partial charge in [0.25, 0.3) is 0 Å². The van der Waals surface area contributed by atoms with Crippen LogP contribution >= 0.6 is 11.8 Å². The highest BCUT2D eigenvalue weighted by Crippen LogP contribution is 2.21. The van der Waals surface area contributed by atoms with Gasteiger partial charge in [0, 0.05) is 29.8 Å². The third-order valence-corrected chi connectivity index (χ3v) is 5.97. The average Bonchev–Trinajstić information content (AvgIpc) is 3.13. The molecule has 0 aromatic heterocycles. The van der Waals surface area contributed by atoms with Crippen LogP contribution in [0.15, 0.2) is 53.4 Å². The summed E-state index contributed by atoms with van der Waals surface area (Å²) >= 11 is 1.60.